The standard InChI is InChI=1S/C12H21N3OS/c1-4-10-11(8-16)17-12(13-10)15-6-5-9(7-15)14(2)3/h9,16H,4-8H2,1-3H3. The summed E-state index contributed by atoms with van der Waals surface area (Å²) in [5, 5.41) is 10.4. The third kappa shape index (κ3) is 2.61. The zero-order valence-corrected chi connectivity index (χ0v) is 11.6. The van der Waals surface area contributed by atoms with Crippen molar-refractivity contribution in [2.45, 2.75) is 32.4 Å². The lowest BCUT2D eigenvalue weighted by Crippen LogP contribution is -2.31. The Bertz CT molecular complexity index is 356. The van der Waals surface area contributed by atoms with Gasteiger partial charge in [-0.1, -0.05) is 18.3 Å². The minimum absolute atomic E-state index is 0.117. The maximum Gasteiger partial charge on any atom is 0.185 e. The monoisotopic (exact) mass is 255 g/mol. The summed E-state index contributed by atoms with van der Waals surface area (Å²) in [6, 6.07) is 0.626. The van der Waals surface area contributed by atoms with Crippen LogP contribution < -0.4 is 4.90 Å². The van der Waals surface area contributed by atoms with Crippen molar-refractivity contribution in [1.29, 1.82) is 0 Å². The van der Waals surface area contributed by atoms with Crippen molar-refractivity contribution in [3.8, 4) is 0 Å². The van der Waals surface area contributed by atoms with E-state index >= 15 is 0 Å². The number of thiazole rings is 1. The summed E-state index contributed by atoms with van der Waals surface area (Å²) in [6.45, 7) is 4.33. The third-order valence-corrected chi connectivity index (χ3v) is 4.55. The Morgan fingerprint density at radius 2 is 2.29 bits per heavy atom. The molecule has 1 saturated heterocycles. The van der Waals surface area contributed by atoms with Crippen LogP contribution >= 0.6 is 11.3 Å². The molecule has 1 fully saturated rings. The number of likely N-dealkylation sites (N-methyl/N-ethyl adjacent to an activating group) is 1. The van der Waals surface area contributed by atoms with E-state index in [-0.39, 0.29) is 6.61 Å². The smallest absolute Gasteiger partial charge is 0.185 e. The first-order valence-electron chi connectivity index (χ1n) is 6.16. The molecule has 1 aromatic rings. The van der Waals surface area contributed by atoms with Crippen LogP contribution in [0.15, 0.2) is 0 Å². The molecule has 96 valence electrons. The predicted molar refractivity (Wildman–Crippen MR) is 71.7 cm³/mol. The quantitative estimate of drug-likeness (QED) is 0.881. The number of aliphatic hydroxyl groups is 1. The van der Waals surface area contributed by atoms with Gasteiger partial charge in [-0.15, -0.1) is 0 Å². The highest BCUT2D eigenvalue weighted by Gasteiger charge is 2.26. The van der Waals surface area contributed by atoms with Gasteiger partial charge in [-0.3, -0.25) is 0 Å². The first-order chi connectivity index (χ1) is 8.15. The largest absolute Gasteiger partial charge is 0.391 e. The Hall–Kier alpha value is -0.650. The molecular weight excluding hydrogens is 234 g/mol. The minimum atomic E-state index is 0.117. The second-order valence-electron chi connectivity index (χ2n) is 4.73. The highest BCUT2D eigenvalue weighted by Crippen LogP contribution is 2.30. The van der Waals surface area contributed by atoms with E-state index in [0.717, 1.165) is 35.2 Å². The average molecular weight is 255 g/mol. The lowest BCUT2D eigenvalue weighted by molar-refractivity contribution is 0.284. The number of aryl methyl sites for hydroxylation is 1. The van der Waals surface area contributed by atoms with Crippen molar-refractivity contribution >= 4 is 16.5 Å². The second-order valence-corrected chi connectivity index (χ2v) is 5.79. The fourth-order valence-electron chi connectivity index (χ4n) is 2.24. The molecule has 5 heteroatoms. The van der Waals surface area contributed by atoms with Gasteiger partial charge in [0.2, 0.25) is 0 Å². The molecule has 0 radical (unpaired) electrons. The second kappa shape index (κ2) is 5.33. The van der Waals surface area contributed by atoms with Crippen molar-refractivity contribution in [3.05, 3.63) is 10.6 Å². The summed E-state index contributed by atoms with van der Waals surface area (Å²) in [6.07, 6.45) is 2.10. The molecule has 2 rings (SSSR count). The lowest BCUT2D eigenvalue weighted by Gasteiger charge is -2.19. The molecular formula is C12H21N3OS. The van der Waals surface area contributed by atoms with Gasteiger partial charge in [0, 0.05) is 19.1 Å². The number of anilines is 1. The van der Waals surface area contributed by atoms with Crippen LogP contribution in [0.3, 0.4) is 0 Å². The Morgan fingerprint density at radius 1 is 1.53 bits per heavy atom. The van der Waals surface area contributed by atoms with E-state index in [1.807, 2.05) is 0 Å². The van der Waals surface area contributed by atoms with Crippen molar-refractivity contribution < 1.29 is 5.11 Å². The van der Waals surface area contributed by atoms with Crippen molar-refractivity contribution in [2.75, 3.05) is 32.1 Å². The van der Waals surface area contributed by atoms with Crippen LogP contribution in [0.2, 0.25) is 0 Å². The fourth-order valence-corrected chi connectivity index (χ4v) is 3.29. The zero-order chi connectivity index (χ0) is 12.4. The minimum Gasteiger partial charge on any atom is -0.391 e. The molecule has 0 amide bonds. The molecule has 17 heavy (non-hydrogen) atoms. The molecule has 1 aliphatic heterocycles. The molecule has 1 aromatic heterocycles. The van der Waals surface area contributed by atoms with Crippen LogP contribution in [0.5, 0.6) is 0 Å². The summed E-state index contributed by atoms with van der Waals surface area (Å²) >= 11 is 1.64. The van der Waals surface area contributed by atoms with Gasteiger partial charge in [-0.25, -0.2) is 4.98 Å². The summed E-state index contributed by atoms with van der Waals surface area (Å²) in [4.78, 5) is 10.3. The Labute approximate surface area is 107 Å². The Kier molecular flexibility index (Phi) is 4.01. The van der Waals surface area contributed by atoms with E-state index in [1.165, 1.54) is 6.42 Å². The maximum absolute atomic E-state index is 9.29. The molecule has 0 saturated carbocycles. The molecule has 2 heterocycles. The van der Waals surface area contributed by atoms with E-state index in [2.05, 4.69) is 35.8 Å². The maximum atomic E-state index is 9.29. The van der Waals surface area contributed by atoms with Gasteiger partial charge in [0.25, 0.3) is 0 Å². The van der Waals surface area contributed by atoms with Crippen molar-refractivity contribution in [3.63, 3.8) is 0 Å². The fraction of sp³-hybridized carbons (Fsp3) is 0.750. The van der Waals surface area contributed by atoms with Crippen molar-refractivity contribution in [2.24, 2.45) is 0 Å². The van der Waals surface area contributed by atoms with Gasteiger partial charge >= 0.3 is 0 Å². The van der Waals surface area contributed by atoms with Gasteiger partial charge in [0.15, 0.2) is 5.13 Å². The van der Waals surface area contributed by atoms with Gasteiger partial charge in [0.1, 0.15) is 0 Å². The molecule has 1 N–H and O–H groups in total. The molecule has 0 spiro atoms. The van der Waals surface area contributed by atoms with Crippen LogP contribution in [0, 0.1) is 0 Å². The zero-order valence-electron chi connectivity index (χ0n) is 10.8. The molecule has 0 bridgehead atoms. The number of hydrogen-bond acceptors (Lipinski definition) is 5. The molecule has 4 nitrogen and oxygen atoms in total. The van der Waals surface area contributed by atoms with Crippen LogP contribution in [-0.2, 0) is 13.0 Å². The van der Waals surface area contributed by atoms with E-state index in [4.69, 9.17) is 0 Å². The Morgan fingerprint density at radius 3 is 2.76 bits per heavy atom. The summed E-state index contributed by atoms with van der Waals surface area (Å²) < 4.78 is 0. The molecule has 1 aliphatic rings. The molecule has 1 atom stereocenters. The van der Waals surface area contributed by atoms with E-state index in [9.17, 15) is 5.11 Å². The first-order valence-corrected chi connectivity index (χ1v) is 6.98. The van der Waals surface area contributed by atoms with Gasteiger partial charge in [-0.05, 0) is 26.9 Å². The summed E-state index contributed by atoms with van der Waals surface area (Å²) in [7, 11) is 4.26. The molecule has 0 aliphatic carbocycles. The number of hydrogen-bond donors (Lipinski definition) is 1. The normalized spacial score (nSPS) is 20.5. The van der Waals surface area contributed by atoms with E-state index in [0.29, 0.717) is 6.04 Å². The number of aromatic nitrogens is 1. The van der Waals surface area contributed by atoms with Crippen LogP contribution in [0.25, 0.3) is 0 Å². The lowest BCUT2D eigenvalue weighted by atomic mass is 10.2. The third-order valence-electron chi connectivity index (χ3n) is 3.41. The van der Waals surface area contributed by atoms with E-state index < -0.39 is 0 Å². The highest BCUT2D eigenvalue weighted by molar-refractivity contribution is 7.15. The Balaban J connectivity index is 2.11. The van der Waals surface area contributed by atoms with Crippen LogP contribution in [0.4, 0.5) is 5.13 Å². The topological polar surface area (TPSA) is 39.6 Å². The van der Waals surface area contributed by atoms with E-state index in [1.54, 1.807) is 11.3 Å². The number of aliphatic hydroxyl groups excluding tert-OH is 1. The number of nitrogens with zero attached hydrogens (tertiary/aromatic N) is 3. The number of rotatable bonds is 4. The molecule has 1 unspecified atom stereocenters. The summed E-state index contributed by atoms with van der Waals surface area (Å²) in [5.74, 6) is 0. The van der Waals surface area contributed by atoms with Gasteiger partial charge < -0.3 is 14.9 Å². The van der Waals surface area contributed by atoms with Crippen LogP contribution in [-0.4, -0.2) is 48.2 Å². The summed E-state index contributed by atoms with van der Waals surface area (Å²) in [5.41, 5.74) is 1.06. The molecule has 0 aromatic carbocycles. The SMILES string of the molecule is CCc1nc(N2CCC(N(C)C)C2)sc1CO. The van der Waals surface area contributed by atoms with Crippen molar-refractivity contribution in [1.82, 2.24) is 9.88 Å². The van der Waals surface area contributed by atoms with Gasteiger partial charge in [-0.2, -0.15) is 0 Å². The highest BCUT2D eigenvalue weighted by atomic mass is 32.1. The van der Waals surface area contributed by atoms with Crippen LogP contribution in [0.1, 0.15) is 23.9 Å². The first kappa shape index (κ1) is 12.8. The van der Waals surface area contributed by atoms with Gasteiger partial charge in [0.05, 0.1) is 17.2 Å². The average Bonchev–Trinajstić information content (AvgIpc) is 2.94. The predicted octanol–water partition coefficient (Wildman–Crippen LogP) is 1.34.